The van der Waals surface area contributed by atoms with Crippen molar-refractivity contribution in [2.75, 3.05) is 11.5 Å². The van der Waals surface area contributed by atoms with Crippen LogP contribution in [0.25, 0.3) is 0 Å². The molecule has 0 saturated carbocycles. The van der Waals surface area contributed by atoms with Crippen LogP contribution in [0.1, 0.15) is 108 Å². The molecular weight excluding hydrogens is 498 g/mol. The lowest BCUT2D eigenvalue weighted by Gasteiger charge is -2.24. The second-order valence-corrected chi connectivity index (χ2v) is 10.3. The minimum Gasteiger partial charge on any atom is -0.493 e. The molecule has 0 aliphatic heterocycles. The Balaban J connectivity index is 1.77. The van der Waals surface area contributed by atoms with E-state index < -0.39 is 0 Å². The van der Waals surface area contributed by atoms with Crippen LogP contribution < -0.4 is 9.64 Å². The van der Waals surface area contributed by atoms with Crippen LogP contribution in [0.5, 0.6) is 5.75 Å². The van der Waals surface area contributed by atoms with Gasteiger partial charge in [-0.05, 0) is 36.6 Å². The van der Waals surface area contributed by atoms with Gasteiger partial charge in [0.25, 0.3) is 0 Å². The highest BCUT2D eigenvalue weighted by atomic mass is 79.9. The molecule has 0 heterocycles. The molecule has 0 aromatic heterocycles. The molecule has 0 fully saturated rings. The molecule has 0 N–H and O–H groups in total. The van der Waals surface area contributed by atoms with Gasteiger partial charge in [-0.3, -0.25) is 4.79 Å². The quantitative estimate of drug-likeness (QED) is 0.138. The van der Waals surface area contributed by atoms with Crippen molar-refractivity contribution in [1.82, 2.24) is 0 Å². The summed E-state index contributed by atoms with van der Waals surface area (Å²) in [5, 5.41) is 0.768. The van der Waals surface area contributed by atoms with Crippen LogP contribution in [0.15, 0.2) is 42.5 Å². The fourth-order valence-electron chi connectivity index (χ4n) is 4.52. The van der Waals surface area contributed by atoms with Gasteiger partial charge in [-0.15, -0.1) is 0 Å². The van der Waals surface area contributed by atoms with E-state index in [1.54, 1.807) is 6.92 Å². The van der Waals surface area contributed by atoms with E-state index in [9.17, 15) is 4.79 Å². The number of carbonyl (C=O) groups excluding carboxylic acids is 1. The van der Waals surface area contributed by atoms with Crippen LogP contribution in [0, 0.1) is 6.92 Å². The molecule has 0 aliphatic carbocycles. The zero-order valence-electron chi connectivity index (χ0n) is 22.3. The summed E-state index contributed by atoms with van der Waals surface area (Å²) in [4.78, 5) is 14.3. The molecule has 2 aromatic rings. The summed E-state index contributed by atoms with van der Waals surface area (Å²) >= 11 is 3.51. The Morgan fingerprint density at radius 1 is 0.857 bits per heavy atom. The first kappa shape index (κ1) is 29.4. The highest BCUT2D eigenvalue weighted by Gasteiger charge is 2.16. The van der Waals surface area contributed by atoms with Gasteiger partial charge in [0, 0.05) is 23.5 Å². The molecule has 4 heteroatoms. The Kier molecular flexibility index (Phi) is 14.8. The molecule has 0 saturated heterocycles. The number of anilines is 1. The van der Waals surface area contributed by atoms with E-state index in [0.29, 0.717) is 6.54 Å². The first-order chi connectivity index (χ1) is 17.1. The Morgan fingerprint density at radius 2 is 1.46 bits per heavy atom. The lowest BCUT2D eigenvalue weighted by molar-refractivity contribution is -0.116. The second kappa shape index (κ2) is 17.6. The zero-order valence-corrected chi connectivity index (χ0v) is 23.9. The normalized spacial score (nSPS) is 11.0. The monoisotopic (exact) mass is 543 g/mol. The molecule has 1 amide bonds. The van der Waals surface area contributed by atoms with Crippen LogP contribution in [0.3, 0.4) is 0 Å². The zero-order chi connectivity index (χ0) is 25.3. The van der Waals surface area contributed by atoms with E-state index in [1.165, 1.54) is 70.6 Å². The number of nitrogens with zero attached hydrogens (tertiary/aromatic N) is 1. The maximum Gasteiger partial charge on any atom is 0.224 e. The third-order valence-corrected chi connectivity index (χ3v) is 7.27. The Bertz CT molecular complexity index is 867. The number of hydrogen-bond donors (Lipinski definition) is 0. The van der Waals surface area contributed by atoms with Crippen molar-refractivity contribution >= 4 is 27.5 Å². The predicted octanol–water partition coefficient (Wildman–Crippen LogP) is 9.52. The molecule has 35 heavy (non-hydrogen) atoms. The topological polar surface area (TPSA) is 29.5 Å². The maximum atomic E-state index is 12.5. The summed E-state index contributed by atoms with van der Waals surface area (Å²) in [6.45, 7) is 7.23. The largest absolute Gasteiger partial charge is 0.493 e. The minimum atomic E-state index is 0.0325. The number of ether oxygens (including phenoxy) is 1. The molecule has 0 radical (unpaired) electrons. The van der Waals surface area contributed by atoms with E-state index in [2.05, 4.69) is 60.1 Å². The first-order valence-corrected chi connectivity index (χ1v) is 14.8. The molecule has 194 valence electrons. The van der Waals surface area contributed by atoms with Gasteiger partial charge in [0.2, 0.25) is 5.91 Å². The SMILES string of the molecule is CCCCCCCCCCCCCCOc1c(C)cccc1CN(C(C)=O)c1cccc(CBr)c1. The van der Waals surface area contributed by atoms with Crippen molar-refractivity contribution in [1.29, 1.82) is 0 Å². The smallest absolute Gasteiger partial charge is 0.224 e. The number of alkyl halides is 1. The number of rotatable bonds is 18. The molecule has 0 bridgehead atoms. The number of halogens is 1. The number of unbranched alkanes of at least 4 members (excludes halogenated alkanes) is 11. The highest BCUT2D eigenvalue weighted by molar-refractivity contribution is 9.08. The molecule has 2 aromatic carbocycles. The summed E-state index contributed by atoms with van der Waals surface area (Å²) in [6.07, 6.45) is 16.1. The average molecular weight is 545 g/mol. The summed E-state index contributed by atoms with van der Waals surface area (Å²) in [5.74, 6) is 0.962. The lowest BCUT2D eigenvalue weighted by atomic mass is 10.1. The van der Waals surface area contributed by atoms with Gasteiger partial charge in [0.15, 0.2) is 0 Å². The van der Waals surface area contributed by atoms with Crippen LogP contribution in [0.4, 0.5) is 5.69 Å². The van der Waals surface area contributed by atoms with Crippen LogP contribution in [-0.2, 0) is 16.7 Å². The van der Waals surface area contributed by atoms with Crippen LogP contribution in [0.2, 0.25) is 0 Å². The van der Waals surface area contributed by atoms with E-state index >= 15 is 0 Å². The van der Waals surface area contributed by atoms with Gasteiger partial charge in [0.1, 0.15) is 5.75 Å². The maximum absolute atomic E-state index is 12.5. The summed E-state index contributed by atoms with van der Waals surface area (Å²) in [6, 6.07) is 14.3. The van der Waals surface area contributed by atoms with Gasteiger partial charge in [-0.1, -0.05) is 124 Å². The standard InChI is InChI=1S/C31H46BrNO2/c1-4-5-6-7-8-9-10-11-12-13-14-15-22-35-31-26(2)18-16-20-29(31)25-33(27(3)34)30-21-17-19-28(23-30)24-32/h16-21,23H,4-15,22,24-25H2,1-3H3. The third-order valence-electron chi connectivity index (χ3n) is 6.62. The van der Waals surface area contributed by atoms with Crippen LogP contribution in [-0.4, -0.2) is 12.5 Å². The fourth-order valence-corrected chi connectivity index (χ4v) is 4.87. The number of amides is 1. The van der Waals surface area contributed by atoms with E-state index in [-0.39, 0.29) is 5.91 Å². The van der Waals surface area contributed by atoms with Crippen molar-refractivity contribution in [3.63, 3.8) is 0 Å². The van der Waals surface area contributed by atoms with Crippen molar-refractivity contribution in [2.24, 2.45) is 0 Å². The molecule has 2 rings (SSSR count). The third kappa shape index (κ3) is 11.2. The van der Waals surface area contributed by atoms with Gasteiger partial charge >= 0.3 is 0 Å². The number of hydrogen-bond acceptors (Lipinski definition) is 2. The van der Waals surface area contributed by atoms with E-state index in [0.717, 1.165) is 46.5 Å². The van der Waals surface area contributed by atoms with Gasteiger partial charge < -0.3 is 9.64 Å². The molecule has 0 spiro atoms. The Labute approximate surface area is 222 Å². The van der Waals surface area contributed by atoms with Gasteiger partial charge in [-0.25, -0.2) is 0 Å². The predicted molar refractivity (Wildman–Crippen MR) is 154 cm³/mol. The number of carbonyl (C=O) groups is 1. The molecule has 3 nitrogen and oxygen atoms in total. The fraction of sp³-hybridized carbons (Fsp3) is 0.581. The summed E-state index contributed by atoms with van der Waals surface area (Å²) < 4.78 is 6.28. The average Bonchev–Trinajstić information content (AvgIpc) is 2.86. The molecule has 0 aliphatic rings. The number of benzene rings is 2. The van der Waals surface area contributed by atoms with E-state index in [1.807, 2.05) is 17.0 Å². The van der Waals surface area contributed by atoms with Crippen molar-refractivity contribution in [3.05, 3.63) is 59.2 Å². The van der Waals surface area contributed by atoms with Crippen molar-refractivity contribution < 1.29 is 9.53 Å². The van der Waals surface area contributed by atoms with Crippen molar-refractivity contribution in [3.8, 4) is 5.75 Å². The second-order valence-electron chi connectivity index (χ2n) is 9.71. The van der Waals surface area contributed by atoms with Crippen molar-refractivity contribution in [2.45, 2.75) is 110 Å². The summed E-state index contributed by atoms with van der Waals surface area (Å²) in [5.41, 5.74) is 4.26. The van der Waals surface area contributed by atoms with Crippen LogP contribution >= 0.6 is 15.9 Å². The van der Waals surface area contributed by atoms with Gasteiger partial charge in [0.05, 0.1) is 13.2 Å². The molecule has 0 unspecified atom stereocenters. The Hall–Kier alpha value is -1.81. The molecule has 0 atom stereocenters. The van der Waals surface area contributed by atoms with E-state index in [4.69, 9.17) is 4.74 Å². The first-order valence-electron chi connectivity index (χ1n) is 13.7. The lowest BCUT2D eigenvalue weighted by Crippen LogP contribution is -2.28. The van der Waals surface area contributed by atoms with Gasteiger partial charge in [-0.2, -0.15) is 0 Å². The summed E-state index contributed by atoms with van der Waals surface area (Å²) in [7, 11) is 0. The number of para-hydroxylation sites is 1. The Morgan fingerprint density at radius 3 is 2.06 bits per heavy atom. The molecular formula is C31H46BrNO2. The number of aryl methyl sites for hydroxylation is 1. The highest BCUT2D eigenvalue weighted by Crippen LogP contribution is 2.28. The minimum absolute atomic E-state index is 0.0325.